The Morgan fingerprint density at radius 1 is 0.304 bits per heavy atom. The van der Waals surface area contributed by atoms with Crippen LogP contribution in [0.4, 0.5) is 0 Å². The third-order valence-electron chi connectivity index (χ3n) is 10.6. The number of hydrogen-bond donors (Lipinski definition) is 0. The van der Waals surface area contributed by atoms with E-state index in [1.807, 2.05) is 6.20 Å². The average Bonchev–Trinajstić information content (AvgIpc) is 3.07. The minimum absolute atomic E-state index is 1.24. The van der Waals surface area contributed by atoms with Crippen LogP contribution in [0.15, 0.2) is 18.5 Å². The van der Waals surface area contributed by atoms with Crippen LogP contribution in [0.1, 0.15) is 256 Å². The molecule has 0 unspecified atom stereocenters. The van der Waals surface area contributed by atoms with Gasteiger partial charge in [-0.15, -0.1) is 0 Å². The minimum atomic E-state index is 1.24. The van der Waals surface area contributed by atoms with E-state index in [9.17, 15) is 0 Å². The summed E-state index contributed by atoms with van der Waals surface area (Å²) in [7, 11) is 0. The van der Waals surface area contributed by atoms with Gasteiger partial charge in [0, 0.05) is 12.4 Å². The van der Waals surface area contributed by atoms with E-state index in [0.717, 1.165) is 0 Å². The van der Waals surface area contributed by atoms with Crippen molar-refractivity contribution in [2.45, 2.75) is 258 Å². The summed E-state index contributed by atoms with van der Waals surface area (Å²) >= 11 is 0. The summed E-state index contributed by atoms with van der Waals surface area (Å²) in [5.74, 6) is 0. The molecule has 1 rings (SSSR count). The lowest BCUT2D eigenvalue weighted by atomic mass is 9.98. The molecule has 1 aromatic heterocycles. The number of pyridine rings is 1. The first-order valence-corrected chi connectivity index (χ1v) is 21.8. The number of unbranched alkanes of at least 4 members (excludes halogenated alkanes) is 34. The summed E-state index contributed by atoms with van der Waals surface area (Å²) in [6.45, 7) is 4.62. The normalized spacial score (nSPS) is 11.5. The Labute approximate surface area is 291 Å². The lowest BCUT2D eigenvalue weighted by Gasteiger charge is -2.09. The van der Waals surface area contributed by atoms with Gasteiger partial charge in [-0.05, 0) is 42.9 Å². The van der Waals surface area contributed by atoms with E-state index in [1.54, 1.807) is 5.56 Å². The quantitative estimate of drug-likeness (QED) is 0.0656. The molecule has 1 heterocycles. The zero-order valence-corrected chi connectivity index (χ0v) is 32.0. The first-order chi connectivity index (χ1) is 22.9. The molecular weight excluding hydrogens is 555 g/mol. The van der Waals surface area contributed by atoms with Crippen LogP contribution in [-0.4, -0.2) is 4.98 Å². The highest BCUT2D eigenvalue weighted by Crippen LogP contribution is 2.19. The van der Waals surface area contributed by atoms with Gasteiger partial charge in [-0.3, -0.25) is 4.98 Å². The topological polar surface area (TPSA) is 12.9 Å². The van der Waals surface area contributed by atoms with E-state index >= 15 is 0 Å². The Bertz CT molecular complexity index is 637. The molecular formula is C45H85N. The Morgan fingerprint density at radius 3 is 0.826 bits per heavy atom. The van der Waals surface area contributed by atoms with E-state index in [1.165, 1.54) is 250 Å². The molecule has 0 N–H and O–H groups in total. The van der Waals surface area contributed by atoms with Crippen LogP contribution < -0.4 is 0 Å². The first kappa shape index (κ1) is 43.2. The van der Waals surface area contributed by atoms with Gasteiger partial charge in [0.05, 0.1) is 0 Å². The van der Waals surface area contributed by atoms with Gasteiger partial charge in [0.1, 0.15) is 0 Å². The number of hydrogen-bond acceptors (Lipinski definition) is 1. The maximum Gasteiger partial charge on any atom is 0.0302 e. The van der Waals surface area contributed by atoms with Crippen molar-refractivity contribution in [3.05, 3.63) is 29.6 Å². The summed E-state index contributed by atoms with van der Waals surface area (Å²) in [6, 6.07) is 2.30. The van der Waals surface area contributed by atoms with Crippen molar-refractivity contribution in [1.82, 2.24) is 4.98 Å². The first-order valence-electron chi connectivity index (χ1n) is 21.8. The number of aromatic nitrogens is 1. The highest BCUT2D eigenvalue weighted by atomic mass is 14.6. The van der Waals surface area contributed by atoms with Gasteiger partial charge >= 0.3 is 0 Å². The van der Waals surface area contributed by atoms with Crippen molar-refractivity contribution >= 4 is 0 Å². The Morgan fingerprint density at radius 2 is 0.543 bits per heavy atom. The Hall–Kier alpha value is -0.850. The fourth-order valence-corrected chi connectivity index (χ4v) is 7.36. The predicted molar refractivity (Wildman–Crippen MR) is 209 cm³/mol. The molecule has 0 aliphatic heterocycles. The lowest BCUT2D eigenvalue weighted by molar-refractivity contribution is 0.524. The van der Waals surface area contributed by atoms with Crippen molar-refractivity contribution in [3.63, 3.8) is 0 Å². The van der Waals surface area contributed by atoms with Gasteiger partial charge in [-0.25, -0.2) is 0 Å². The maximum absolute atomic E-state index is 4.47. The van der Waals surface area contributed by atoms with Gasteiger partial charge in [0.2, 0.25) is 0 Å². The maximum atomic E-state index is 4.47. The zero-order valence-electron chi connectivity index (χ0n) is 32.0. The second-order valence-corrected chi connectivity index (χ2v) is 15.2. The molecule has 0 fully saturated rings. The predicted octanol–water partition coefficient (Wildman–Crippen LogP) is 16.2. The summed E-state index contributed by atoms with van der Waals surface area (Å²) in [5.41, 5.74) is 3.12. The summed E-state index contributed by atoms with van der Waals surface area (Å²) < 4.78 is 0. The van der Waals surface area contributed by atoms with E-state index < -0.39 is 0 Å². The summed E-state index contributed by atoms with van der Waals surface area (Å²) in [5, 5.41) is 0. The highest BCUT2D eigenvalue weighted by molar-refractivity contribution is 5.23. The van der Waals surface area contributed by atoms with Gasteiger partial charge in [0.25, 0.3) is 0 Å². The van der Waals surface area contributed by atoms with Crippen LogP contribution in [-0.2, 0) is 12.8 Å². The highest BCUT2D eigenvalue weighted by Gasteiger charge is 2.03. The molecule has 1 aromatic rings. The second-order valence-electron chi connectivity index (χ2n) is 15.2. The molecule has 0 spiro atoms. The van der Waals surface area contributed by atoms with Crippen molar-refractivity contribution < 1.29 is 0 Å². The lowest BCUT2D eigenvalue weighted by Crippen LogP contribution is -1.96. The smallest absolute Gasteiger partial charge is 0.0302 e. The summed E-state index contributed by atoms with van der Waals surface area (Å²) in [6.07, 6.45) is 58.8. The molecule has 0 saturated carbocycles. The molecule has 270 valence electrons. The van der Waals surface area contributed by atoms with E-state index in [2.05, 4.69) is 31.1 Å². The van der Waals surface area contributed by atoms with Crippen LogP contribution in [0, 0.1) is 0 Å². The molecule has 0 radical (unpaired) electrons. The second kappa shape index (κ2) is 37.0. The fraction of sp³-hybridized carbons (Fsp3) is 0.889. The Balaban J connectivity index is 1.85. The molecule has 0 saturated heterocycles. The Kier molecular flexibility index (Phi) is 34.7. The van der Waals surface area contributed by atoms with Crippen LogP contribution in [0.2, 0.25) is 0 Å². The van der Waals surface area contributed by atoms with Crippen LogP contribution >= 0.6 is 0 Å². The molecule has 0 aliphatic carbocycles. The number of nitrogens with zero attached hydrogens (tertiary/aromatic N) is 1. The van der Waals surface area contributed by atoms with Gasteiger partial charge < -0.3 is 0 Å². The van der Waals surface area contributed by atoms with Crippen molar-refractivity contribution in [1.29, 1.82) is 0 Å². The third kappa shape index (κ3) is 30.5. The van der Waals surface area contributed by atoms with Crippen molar-refractivity contribution in [3.8, 4) is 0 Å². The van der Waals surface area contributed by atoms with Crippen LogP contribution in [0.25, 0.3) is 0 Å². The molecule has 1 nitrogen and oxygen atoms in total. The summed E-state index contributed by atoms with van der Waals surface area (Å²) in [4.78, 5) is 4.47. The molecule has 0 amide bonds. The number of aryl methyl sites for hydroxylation is 2. The fourth-order valence-electron chi connectivity index (χ4n) is 7.36. The molecule has 0 bridgehead atoms. The third-order valence-corrected chi connectivity index (χ3v) is 10.6. The monoisotopic (exact) mass is 640 g/mol. The van der Waals surface area contributed by atoms with Crippen LogP contribution in [0.3, 0.4) is 0 Å². The van der Waals surface area contributed by atoms with E-state index in [4.69, 9.17) is 0 Å². The molecule has 46 heavy (non-hydrogen) atoms. The van der Waals surface area contributed by atoms with E-state index in [0.29, 0.717) is 0 Å². The average molecular weight is 640 g/mol. The van der Waals surface area contributed by atoms with Crippen molar-refractivity contribution in [2.75, 3.05) is 0 Å². The van der Waals surface area contributed by atoms with Gasteiger partial charge in [0.15, 0.2) is 0 Å². The minimum Gasteiger partial charge on any atom is -0.264 e. The molecule has 0 aliphatic rings. The molecule has 0 atom stereocenters. The van der Waals surface area contributed by atoms with Crippen LogP contribution in [0.5, 0.6) is 0 Å². The van der Waals surface area contributed by atoms with E-state index in [-0.39, 0.29) is 0 Å². The van der Waals surface area contributed by atoms with Gasteiger partial charge in [-0.1, -0.05) is 232 Å². The largest absolute Gasteiger partial charge is 0.264 e. The molecule has 0 aromatic carbocycles. The van der Waals surface area contributed by atoms with Crippen molar-refractivity contribution in [2.24, 2.45) is 0 Å². The molecule has 1 heteroatoms. The standard InChI is InChI=1S/C45H85N/c1-3-5-7-9-11-13-15-17-19-21-23-25-27-29-31-33-35-37-39-44-41-42-46-43-45(44)40-38-36-34-32-30-28-26-24-22-20-18-16-14-12-10-8-6-4-2/h41-43H,3-40H2,1-2H3. The number of rotatable bonds is 38. The SMILES string of the molecule is CCCCCCCCCCCCCCCCCCCCc1ccncc1CCCCCCCCCCCCCCCCCCCC. The van der Waals surface area contributed by atoms with Gasteiger partial charge in [-0.2, -0.15) is 0 Å². The zero-order chi connectivity index (χ0) is 32.9.